The third kappa shape index (κ3) is 0.920. The maximum absolute atomic E-state index is 3.58. The second kappa shape index (κ2) is 2.10. The van der Waals surface area contributed by atoms with Gasteiger partial charge in [0.1, 0.15) is 0 Å². The summed E-state index contributed by atoms with van der Waals surface area (Å²) in [6.45, 7) is 13.8. The third-order valence-corrected chi connectivity index (χ3v) is 3.36. The van der Waals surface area contributed by atoms with E-state index < -0.39 is 0 Å². The fraction of sp³-hybridized carbons (Fsp3) is 0.692. The molecule has 0 amide bonds. The highest BCUT2D eigenvalue weighted by atomic mass is 14.5. The molecule has 0 saturated carbocycles. The molecule has 1 atom stereocenters. The minimum Gasteiger partial charge on any atom is -0.0561 e. The first-order valence-electron chi connectivity index (χ1n) is 5.15. The molecule has 1 unspecified atom stereocenters. The van der Waals surface area contributed by atoms with Crippen LogP contribution in [0.2, 0.25) is 0 Å². The van der Waals surface area contributed by atoms with Crippen molar-refractivity contribution in [1.82, 2.24) is 0 Å². The Labute approximate surface area is 81.7 Å². The van der Waals surface area contributed by atoms with Crippen molar-refractivity contribution in [2.24, 2.45) is 16.7 Å². The largest absolute Gasteiger partial charge is 0.0561 e. The van der Waals surface area contributed by atoms with Crippen LogP contribution in [0, 0.1) is 22.8 Å². The zero-order valence-electron chi connectivity index (χ0n) is 9.58. The molecule has 0 aromatic carbocycles. The summed E-state index contributed by atoms with van der Waals surface area (Å²) in [6.07, 6.45) is 3.58. The Morgan fingerprint density at radius 1 is 1.23 bits per heavy atom. The lowest BCUT2D eigenvalue weighted by atomic mass is 9.59. The van der Waals surface area contributed by atoms with Crippen molar-refractivity contribution in [1.29, 1.82) is 0 Å². The number of rotatable bonds is 0. The molecule has 0 aromatic rings. The van der Waals surface area contributed by atoms with E-state index in [0.717, 1.165) is 0 Å². The summed E-state index contributed by atoms with van der Waals surface area (Å²) in [5.41, 5.74) is 5.36. The molecule has 0 fully saturated rings. The van der Waals surface area contributed by atoms with Crippen LogP contribution < -0.4 is 0 Å². The smallest absolute Gasteiger partial charge is 0.0123 e. The molecule has 3 aliphatic carbocycles. The molecule has 0 aromatic heterocycles. The topological polar surface area (TPSA) is 0 Å². The van der Waals surface area contributed by atoms with Crippen molar-refractivity contribution < 1.29 is 0 Å². The average Bonchev–Trinajstić information content (AvgIpc) is 2.36. The first kappa shape index (κ1) is 9.05. The molecule has 0 nitrogen and oxygen atoms in total. The monoisotopic (exact) mass is 175 g/mol. The molecule has 3 aliphatic rings. The summed E-state index contributed by atoms with van der Waals surface area (Å²) in [5, 5.41) is 0. The fourth-order valence-corrected chi connectivity index (χ4v) is 2.91. The summed E-state index contributed by atoms with van der Waals surface area (Å²) in [7, 11) is 0. The van der Waals surface area contributed by atoms with Gasteiger partial charge >= 0.3 is 0 Å². The maximum Gasteiger partial charge on any atom is 0.0123 e. The lowest BCUT2D eigenvalue weighted by Crippen LogP contribution is -2.33. The highest BCUT2D eigenvalue weighted by Crippen LogP contribution is 2.63. The van der Waals surface area contributed by atoms with Crippen molar-refractivity contribution in [2.45, 2.75) is 41.5 Å². The molecule has 0 spiro atoms. The van der Waals surface area contributed by atoms with Crippen LogP contribution in [0.4, 0.5) is 0 Å². The lowest BCUT2D eigenvalue weighted by Gasteiger charge is -2.45. The first-order chi connectivity index (χ1) is 5.76. The quantitative estimate of drug-likeness (QED) is 0.526. The van der Waals surface area contributed by atoms with E-state index in [1.54, 1.807) is 11.1 Å². The van der Waals surface area contributed by atoms with Crippen molar-refractivity contribution in [3.05, 3.63) is 22.8 Å². The van der Waals surface area contributed by atoms with Crippen LogP contribution in [-0.4, -0.2) is 0 Å². The van der Waals surface area contributed by atoms with E-state index in [0.29, 0.717) is 16.7 Å². The van der Waals surface area contributed by atoms with Crippen molar-refractivity contribution in [3.8, 4) is 0 Å². The highest BCUT2D eigenvalue weighted by molar-refractivity contribution is 5.63. The predicted molar refractivity (Wildman–Crippen MR) is 56.2 cm³/mol. The molecule has 0 saturated heterocycles. The van der Waals surface area contributed by atoms with Gasteiger partial charge < -0.3 is 0 Å². The Balaban J connectivity index is 2.52. The molecule has 2 bridgehead atoms. The minimum absolute atomic E-state index is 0.317. The molecular formula is C13H19. The summed E-state index contributed by atoms with van der Waals surface area (Å²) >= 11 is 0. The molecule has 71 valence electrons. The van der Waals surface area contributed by atoms with Gasteiger partial charge in [0.15, 0.2) is 0 Å². The molecule has 0 heterocycles. The van der Waals surface area contributed by atoms with E-state index in [1.165, 1.54) is 5.57 Å². The molecule has 0 N–H and O–H groups in total. The zero-order valence-corrected chi connectivity index (χ0v) is 9.58. The number of hydrogen-bond donors (Lipinski definition) is 0. The van der Waals surface area contributed by atoms with Crippen molar-refractivity contribution in [3.63, 3.8) is 0 Å². The highest BCUT2D eigenvalue weighted by Gasteiger charge is 2.51. The van der Waals surface area contributed by atoms with Crippen LogP contribution in [0.1, 0.15) is 41.5 Å². The third-order valence-electron chi connectivity index (χ3n) is 3.36. The van der Waals surface area contributed by atoms with Crippen LogP contribution in [-0.2, 0) is 0 Å². The van der Waals surface area contributed by atoms with Gasteiger partial charge in [0.2, 0.25) is 0 Å². The summed E-state index contributed by atoms with van der Waals surface area (Å²) in [5.74, 6) is 0.569. The second-order valence-electron chi connectivity index (χ2n) is 5.90. The number of allylic oxidation sites excluding steroid dienone is 4. The van der Waals surface area contributed by atoms with Crippen molar-refractivity contribution >= 4 is 0 Å². The van der Waals surface area contributed by atoms with Gasteiger partial charge in [-0.2, -0.15) is 0 Å². The van der Waals surface area contributed by atoms with Gasteiger partial charge in [-0.3, -0.25) is 0 Å². The standard InChI is InChI=1S/C13H19/c1-8-7-9-11(12(2,3)4)10(8)13(9,5)6/h8H,1-6H3. The molecule has 3 rings (SSSR count). The Kier molecular flexibility index (Phi) is 1.46. The summed E-state index contributed by atoms with van der Waals surface area (Å²) < 4.78 is 0. The Morgan fingerprint density at radius 2 is 1.77 bits per heavy atom. The van der Waals surface area contributed by atoms with Gasteiger partial charge in [0, 0.05) is 11.3 Å². The Hall–Kier alpha value is -0.520. The van der Waals surface area contributed by atoms with E-state index in [1.807, 2.05) is 0 Å². The number of fused-ring (bicyclic) bond motifs is 1. The Bertz CT molecular complexity index is 318. The van der Waals surface area contributed by atoms with Gasteiger partial charge in [0.05, 0.1) is 0 Å². The normalized spacial score (nSPS) is 30.3. The molecule has 0 heteroatoms. The van der Waals surface area contributed by atoms with Gasteiger partial charge in [-0.25, -0.2) is 0 Å². The van der Waals surface area contributed by atoms with E-state index in [9.17, 15) is 0 Å². The van der Waals surface area contributed by atoms with Crippen LogP contribution in [0.5, 0.6) is 0 Å². The van der Waals surface area contributed by atoms with E-state index in [-0.39, 0.29) is 0 Å². The van der Waals surface area contributed by atoms with Crippen LogP contribution in [0.3, 0.4) is 0 Å². The average molecular weight is 175 g/mol. The SMILES string of the molecule is CC1[C]=C2C(C(C)(C)C)=C1C2(C)C. The van der Waals surface area contributed by atoms with Gasteiger partial charge in [-0.05, 0) is 28.2 Å². The molecular weight excluding hydrogens is 156 g/mol. The van der Waals surface area contributed by atoms with Gasteiger partial charge in [-0.1, -0.05) is 41.5 Å². The molecule has 1 radical (unpaired) electrons. The zero-order chi connectivity index (χ0) is 10.0. The fourth-order valence-electron chi connectivity index (χ4n) is 2.91. The number of hydrogen-bond acceptors (Lipinski definition) is 0. The molecule has 13 heavy (non-hydrogen) atoms. The van der Waals surface area contributed by atoms with Crippen LogP contribution >= 0.6 is 0 Å². The lowest BCUT2D eigenvalue weighted by molar-refractivity contribution is 0.393. The van der Waals surface area contributed by atoms with E-state index >= 15 is 0 Å². The predicted octanol–water partition coefficient (Wildman–Crippen LogP) is 3.75. The minimum atomic E-state index is 0.317. The van der Waals surface area contributed by atoms with Gasteiger partial charge in [-0.15, -0.1) is 0 Å². The van der Waals surface area contributed by atoms with Crippen molar-refractivity contribution in [2.75, 3.05) is 0 Å². The first-order valence-corrected chi connectivity index (χ1v) is 5.15. The van der Waals surface area contributed by atoms with Crippen LogP contribution in [0.15, 0.2) is 16.7 Å². The Morgan fingerprint density at radius 3 is 1.92 bits per heavy atom. The van der Waals surface area contributed by atoms with Gasteiger partial charge in [0.25, 0.3) is 0 Å². The van der Waals surface area contributed by atoms with Crippen LogP contribution in [0.25, 0.3) is 0 Å². The van der Waals surface area contributed by atoms with E-state index in [4.69, 9.17) is 0 Å². The summed E-state index contributed by atoms with van der Waals surface area (Å²) in [4.78, 5) is 0. The summed E-state index contributed by atoms with van der Waals surface area (Å²) in [6, 6.07) is 0. The second-order valence-corrected chi connectivity index (χ2v) is 5.90. The maximum atomic E-state index is 3.58. The molecule has 0 aliphatic heterocycles. The van der Waals surface area contributed by atoms with E-state index in [2.05, 4.69) is 47.6 Å².